The molecule has 0 aliphatic rings. The van der Waals surface area contributed by atoms with E-state index in [0.717, 1.165) is 17.2 Å². The lowest BCUT2D eigenvalue weighted by atomic mass is 10.2. The van der Waals surface area contributed by atoms with Crippen LogP contribution in [-0.4, -0.2) is 25.5 Å². The average Bonchev–Trinajstić information content (AvgIpc) is 2.70. The Bertz CT molecular complexity index is 502. The van der Waals surface area contributed by atoms with Crippen molar-refractivity contribution in [1.82, 2.24) is 4.98 Å². The molecule has 1 N–H and O–H groups in total. The van der Waals surface area contributed by atoms with Gasteiger partial charge in [-0.15, -0.1) is 0 Å². The Balaban J connectivity index is 2.71. The number of hydrogen-bond donors (Lipinski definition) is 1. The molecule has 0 unspecified atom stereocenters. The normalized spacial score (nSPS) is 10.3. The highest BCUT2D eigenvalue weighted by Crippen LogP contribution is 2.30. The summed E-state index contributed by atoms with van der Waals surface area (Å²) < 4.78 is 10.3. The van der Waals surface area contributed by atoms with Crippen molar-refractivity contribution >= 4 is 17.2 Å². The lowest BCUT2D eigenvalue weighted by Crippen LogP contribution is -1.88. The Labute approximate surface area is 86.8 Å². The van der Waals surface area contributed by atoms with Crippen molar-refractivity contribution in [1.29, 1.82) is 0 Å². The molecule has 2 aromatic rings. The van der Waals surface area contributed by atoms with Crippen molar-refractivity contribution < 1.29 is 14.3 Å². The number of aromatic amines is 1. The Hall–Kier alpha value is -1.97. The second-order valence-corrected chi connectivity index (χ2v) is 3.14. The van der Waals surface area contributed by atoms with Crippen LogP contribution in [-0.2, 0) is 0 Å². The van der Waals surface area contributed by atoms with E-state index in [4.69, 9.17) is 9.47 Å². The number of H-pyrrole nitrogens is 1. The van der Waals surface area contributed by atoms with Crippen molar-refractivity contribution in [3.05, 3.63) is 23.9 Å². The molecule has 1 aromatic heterocycles. The van der Waals surface area contributed by atoms with E-state index in [9.17, 15) is 4.79 Å². The SMILES string of the molecule is COc1cc(OC)c2[nH]c(C=O)cc2c1. The minimum Gasteiger partial charge on any atom is -0.497 e. The summed E-state index contributed by atoms with van der Waals surface area (Å²) in [4.78, 5) is 13.6. The largest absolute Gasteiger partial charge is 0.497 e. The molecule has 1 heterocycles. The number of aldehydes is 1. The molecule has 0 radical (unpaired) electrons. The van der Waals surface area contributed by atoms with Crippen LogP contribution < -0.4 is 9.47 Å². The Morgan fingerprint density at radius 2 is 2.00 bits per heavy atom. The van der Waals surface area contributed by atoms with E-state index in [1.54, 1.807) is 26.4 Å². The lowest BCUT2D eigenvalue weighted by molar-refractivity contribution is 0.112. The Kier molecular flexibility index (Phi) is 2.33. The van der Waals surface area contributed by atoms with Gasteiger partial charge in [-0.1, -0.05) is 0 Å². The van der Waals surface area contributed by atoms with Crippen LogP contribution in [0.25, 0.3) is 10.9 Å². The van der Waals surface area contributed by atoms with Crippen LogP contribution in [0, 0.1) is 0 Å². The van der Waals surface area contributed by atoms with E-state index in [2.05, 4.69) is 4.98 Å². The van der Waals surface area contributed by atoms with E-state index < -0.39 is 0 Å². The van der Waals surface area contributed by atoms with Crippen molar-refractivity contribution in [2.45, 2.75) is 0 Å². The predicted octanol–water partition coefficient (Wildman–Crippen LogP) is 2.00. The van der Waals surface area contributed by atoms with E-state index in [0.29, 0.717) is 17.2 Å². The molecule has 0 saturated heterocycles. The molecule has 4 nitrogen and oxygen atoms in total. The van der Waals surface area contributed by atoms with Crippen molar-refractivity contribution in [2.24, 2.45) is 0 Å². The third-order valence-electron chi connectivity index (χ3n) is 2.27. The molecule has 0 saturated carbocycles. The van der Waals surface area contributed by atoms with E-state index in [-0.39, 0.29) is 0 Å². The fourth-order valence-electron chi connectivity index (χ4n) is 1.55. The van der Waals surface area contributed by atoms with Gasteiger partial charge in [0.1, 0.15) is 11.5 Å². The van der Waals surface area contributed by atoms with Gasteiger partial charge in [0.05, 0.1) is 25.4 Å². The van der Waals surface area contributed by atoms with Gasteiger partial charge in [-0.05, 0) is 12.1 Å². The molecule has 0 amide bonds. The highest BCUT2D eigenvalue weighted by Gasteiger charge is 2.08. The second-order valence-electron chi connectivity index (χ2n) is 3.14. The first-order valence-corrected chi connectivity index (χ1v) is 4.48. The second kappa shape index (κ2) is 3.65. The van der Waals surface area contributed by atoms with Crippen LogP contribution in [0.3, 0.4) is 0 Å². The summed E-state index contributed by atoms with van der Waals surface area (Å²) in [5.74, 6) is 1.37. The van der Waals surface area contributed by atoms with Crippen LogP contribution >= 0.6 is 0 Å². The number of benzene rings is 1. The number of aromatic nitrogens is 1. The molecule has 2 rings (SSSR count). The fourth-order valence-corrected chi connectivity index (χ4v) is 1.55. The molecule has 0 bridgehead atoms. The Morgan fingerprint density at radius 3 is 2.60 bits per heavy atom. The van der Waals surface area contributed by atoms with Gasteiger partial charge in [0.15, 0.2) is 6.29 Å². The zero-order valence-corrected chi connectivity index (χ0v) is 8.53. The molecule has 0 aliphatic heterocycles. The first-order valence-electron chi connectivity index (χ1n) is 4.48. The van der Waals surface area contributed by atoms with Crippen molar-refractivity contribution in [3.63, 3.8) is 0 Å². The molecular weight excluding hydrogens is 194 g/mol. The van der Waals surface area contributed by atoms with Crippen LogP contribution in [0.2, 0.25) is 0 Å². The fraction of sp³-hybridized carbons (Fsp3) is 0.182. The maximum atomic E-state index is 10.6. The number of rotatable bonds is 3. The number of carbonyl (C=O) groups excluding carboxylic acids is 1. The quantitative estimate of drug-likeness (QED) is 0.779. The monoisotopic (exact) mass is 205 g/mol. The van der Waals surface area contributed by atoms with Gasteiger partial charge in [0.2, 0.25) is 0 Å². The number of fused-ring (bicyclic) bond motifs is 1. The molecule has 15 heavy (non-hydrogen) atoms. The van der Waals surface area contributed by atoms with E-state index in [1.165, 1.54) is 0 Å². The minimum atomic E-state index is 0.525. The highest BCUT2D eigenvalue weighted by atomic mass is 16.5. The summed E-state index contributed by atoms with van der Waals surface area (Å²) in [6, 6.07) is 5.38. The maximum Gasteiger partial charge on any atom is 0.166 e. The van der Waals surface area contributed by atoms with Crippen LogP contribution in [0.1, 0.15) is 10.5 Å². The first-order chi connectivity index (χ1) is 7.28. The smallest absolute Gasteiger partial charge is 0.166 e. The number of hydrogen-bond acceptors (Lipinski definition) is 3. The number of methoxy groups -OCH3 is 2. The average molecular weight is 205 g/mol. The molecule has 0 atom stereocenters. The lowest BCUT2D eigenvalue weighted by Gasteiger charge is -2.04. The van der Waals surface area contributed by atoms with Crippen LogP contribution in [0.15, 0.2) is 18.2 Å². The molecule has 0 fully saturated rings. The summed E-state index contributed by atoms with van der Waals surface area (Å²) in [6.07, 6.45) is 0.770. The van der Waals surface area contributed by atoms with Gasteiger partial charge in [0.25, 0.3) is 0 Å². The first kappa shape index (κ1) is 9.58. The van der Waals surface area contributed by atoms with E-state index in [1.807, 2.05) is 6.07 Å². The maximum absolute atomic E-state index is 10.6. The topological polar surface area (TPSA) is 51.3 Å². The summed E-state index contributed by atoms with van der Waals surface area (Å²) in [6.45, 7) is 0. The van der Waals surface area contributed by atoms with Gasteiger partial charge in [0, 0.05) is 11.5 Å². The van der Waals surface area contributed by atoms with Gasteiger partial charge in [-0.25, -0.2) is 0 Å². The van der Waals surface area contributed by atoms with Gasteiger partial charge in [-0.3, -0.25) is 4.79 Å². The zero-order valence-electron chi connectivity index (χ0n) is 8.53. The standard InChI is InChI=1S/C11H11NO3/c1-14-9-4-7-3-8(6-13)12-11(7)10(5-9)15-2/h3-6,12H,1-2H3. The van der Waals surface area contributed by atoms with Crippen molar-refractivity contribution in [2.75, 3.05) is 14.2 Å². The zero-order chi connectivity index (χ0) is 10.8. The molecular formula is C11H11NO3. The summed E-state index contributed by atoms with van der Waals surface area (Å²) in [5.41, 5.74) is 1.33. The third-order valence-corrected chi connectivity index (χ3v) is 2.27. The molecule has 78 valence electrons. The van der Waals surface area contributed by atoms with Crippen LogP contribution in [0.5, 0.6) is 11.5 Å². The Morgan fingerprint density at radius 1 is 1.20 bits per heavy atom. The summed E-state index contributed by atoms with van der Waals surface area (Å²) >= 11 is 0. The minimum absolute atomic E-state index is 0.525. The summed E-state index contributed by atoms with van der Waals surface area (Å²) in [5, 5.41) is 0.897. The van der Waals surface area contributed by atoms with Crippen LogP contribution in [0.4, 0.5) is 0 Å². The molecule has 0 spiro atoms. The van der Waals surface area contributed by atoms with Crippen molar-refractivity contribution in [3.8, 4) is 11.5 Å². The van der Waals surface area contributed by atoms with Gasteiger partial charge < -0.3 is 14.5 Å². The summed E-state index contributed by atoms with van der Waals surface area (Å²) in [7, 11) is 3.17. The molecule has 0 aliphatic carbocycles. The third kappa shape index (κ3) is 1.54. The van der Waals surface area contributed by atoms with E-state index >= 15 is 0 Å². The highest BCUT2D eigenvalue weighted by molar-refractivity contribution is 5.92. The molecule has 4 heteroatoms. The predicted molar refractivity (Wildman–Crippen MR) is 56.8 cm³/mol. The molecule has 1 aromatic carbocycles. The van der Waals surface area contributed by atoms with Gasteiger partial charge >= 0.3 is 0 Å². The number of nitrogens with one attached hydrogen (secondary N) is 1. The van der Waals surface area contributed by atoms with Gasteiger partial charge in [-0.2, -0.15) is 0 Å². The number of carbonyl (C=O) groups is 1. The number of ether oxygens (including phenoxy) is 2.